The first-order valence-corrected chi connectivity index (χ1v) is 7.76. The van der Waals surface area contributed by atoms with E-state index < -0.39 is 16.0 Å². The second-order valence-electron chi connectivity index (χ2n) is 3.82. The number of nitrogens with zero attached hydrogens (tertiary/aromatic N) is 1. The van der Waals surface area contributed by atoms with Gasteiger partial charge in [0.25, 0.3) is 0 Å². The summed E-state index contributed by atoms with van der Waals surface area (Å²) in [4.78, 5) is 11.5. The van der Waals surface area contributed by atoms with Gasteiger partial charge in [-0.25, -0.2) is 17.5 Å². The predicted molar refractivity (Wildman–Crippen MR) is 72.1 cm³/mol. The summed E-state index contributed by atoms with van der Waals surface area (Å²) in [5.41, 5.74) is -0.0821. The smallest absolute Gasteiger partial charge is 0.336 e. The SMILES string of the molecule is CN(C)S(=O)(=O)c1ccc(SCCO)c(C(=O)O)c1. The molecule has 106 valence electrons. The second-order valence-corrected chi connectivity index (χ2v) is 7.11. The number of hydrogen-bond donors (Lipinski definition) is 2. The number of benzene rings is 1. The molecule has 19 heavy (non-hydrogen) atoms. The number of hydrogen-bond acceptors (Lipinski definition) is 5. The molecule has 8 heteroatoms. The third kappa shape index (κ3) is 3.69. The zero-order chi connectivity index (χ0) is 14.6. The Morgan fingerprint density at radius 3 is 2.47 bits per heavy atom. The van der Waals surface area contributed by atoms with Crippen molar-refractivity contribution < 1.29 is 23.4 Å². The van der Waals surface area contributed by atoms with Crippen molar-refractivity contribution in [1.82, 2.24) is 4.31 Å². The molecule has 0 spiro atoms. The summed E-state index contributed by atoms with van der Waals surface area (Å²) in [6, 6.07) is 3.94. The van der Waals surface area contributed by atoms with Crippen LogP contribution in [0.25, 0.3) is 0 Å². The van der Waals surface area contributed by atoms with Crippen molar-refractivity contribution in [1.29, 1.82) is 0 Å². The van der Waals surface area contributed by atoms with E-state index in [9.17, 15) is 13.2 Å². The third-order valence-electron chi connectivity index (χ3n) is 2.31. The summed E-state index contributed by atoms with van der Waals surface area (Å²) >= 11 is 1.16. The minimum absolute atomic E-state index is 0.0664. The average Bonchev–Trinajstić information content (AvgIpc) is 2.35. The van der Waals surface area contributed by atoms with Crippen LogP contribution in [0.2, 0.25) is 0 Å². The Morgan fingerprint density at radius 2 is 2.00 bits per heavy atom. The molecule has 0 amide bonds. The molecule has 0 aliphatic carbocycles. The third-order valence-corrected chi connectivity index (χ3v) is 5.17. The van der Waals surface area contributed by atoms with Gasteiger partial charge in [0.2, 0.25) is 10.0 Å². The molecule has 0 saturated carbocycles. The number of carboxylic acids is 1. The van der Waals surface area contributed by atoms with E-state index >= 15 is 0 Å². The highest BCUT2D eigenvalue weighted by Crippen LogP contribution is 2.26. The Morgan fingerprint density at radius 1 is 1.37 bits per heavy atom. The molecule has 0 aliphatic heterocycles. The standard InChI is InChI=1S/C11H15NO5S2/c1-12(2)19(16,17)8-3-4-10(18-6-5-13)9(7-8)11(14)15/h3-4,7,13H,5-6H2,1-2H3,(H,14,15). The molecule has 0 aliphatic rings. The predicted octanol–water partition coefficient (Wildman–Crippen LogP) is 0.720. The molecule has 6 nitrogen and oxygen atoms in total. The van der Waals surface area contributed by atoms with Crippen molar-refractivity contribution in [2.24, 2.45) is 0 Å². The Balaban J connectivity index is 3.28. The second kappa shape index (κ2) is 6.38. The number of aliphatic hydroxyl groups excluding tert-OH is 1. The van der Waals surface area contributed by atoms with Gasteiger partial charge in [0, 0.05) is 24.7 Å². The van der Waals surface area contributed by atoms with Crippen LogP contribution in [-0.4, -0.2) is 55.4 Å². The zero-order valence-corrected chi connectivity index (χ0v) is 12.2. The van der Waals surface area contributed by atoms with E-state index in [1.165, 1.54) is 26.2 Å². The highest BCUT2D eigenvalue weighted by Gasteiger charge is 2.20. The van der Waals surface area contributed by atoms with Crippen molar-refractivity contribution in [2.45, 2.75) is 9.79 Å². The maximum absolute atomic E-state index is 11.9. The molecule has 0 heterocycles. The summed E-state index contributed by atoms with van der Waals surface area (Å²) in [5.74, 6) is -0.851. The van der Waals surface area contributed by atoms with E-state index in [1.54, 1.807) is 0 Å². The average molecular weight is 305 g/mol. The molecule has 2 N–H and O–H groups in total. The lowest BCUT2D eigenvalue weighted by atomic mass is 10.2. The number of sulfonamides is 1. The lowest BCUT2D eigenvalue weighted by molar-refractivity contribution is 0.0693. The summed E-state index contributed by atoms with van der Waals surface area (Å²) in [5, 5.41) is 17.9. The van der Waals surface area contributed by atoms with E-state index in [2.05, 4.69) is 0 Å². The van der Waals surface area contributed by atoms with Gasteiger partial charge >= 0.3 is 5.97 Å². The van der Waals surface area contributed by atoms with Crippen molar-refractivity contribution in [2.75, 3.05) is 26.5 Å². The number of carboxylic acid groups (broad SMARTS) is 1. The van der Waals surface area contributed by atoms with Crippen LogP contribution in [0.3, 0.4) is 0 Å². The molecule has 1 aromatic rings. The highest BCUT2D eigenvalue weighted by atomic mass is 32.2. The summed E-state index contributed by atoms with van der Waals surface area (Å²) in [7, 11) is -0.900. The van der Waals surface area contributed by atoms with Crippen LogP contribution in [0, 0.1) is 0 Å². The molecular formula is C11H15NO5S2. The molecular weight excluding hydrogens is 290 g/mol. The number of aliphatic hydroxyl groups is 1. The first-order chi connectivity index (χ1) is 8.80. The lowest BCUT2D eigenvalue weighted by Crippen LogP contribution is -2.22. The van der Waals surface area contributed by atoms with Gasteiger partial charge in [-0.1, -0.05) is 0 Å². The van der Waals surface area contributed by atoms with Crippen molar-refractivity contribution in [3.63, 3.8) is 0 Å². The summed E-state index contributed by atoms with van der Waals surface area (Å²) in [6.07, 6.45) is 0. The normalized spacial score (nSPS) is 11.8. The Hall–Kier alpha value is -1.09. The van der Waals surface area contributed by atoms with Crippen LogP contribution in [0.5, 0.6) is 0 Å². The molecule has 0 bridgehead atoms. The van der Waals surface area contributed by atoms with Gasteiger partial charge in [0.15, 0.2) is 0 Å². The van der Waals surface area contributed by atoms with Crippen LogP contribution in [0.1, 0.15) is 10.4 Å². The minimum atomic E-state index is -3.66. The quantitative estimate of drug-likeness (QED) is 0.752. The van der Waals surface area contributed by atoms with Gasteiger partial charge < -0.3 is 10.2 Å². The molecule has 0 aromatic heterocycles. The Bertz CT molecular complexity index is 568. The van der Waals surface area contributed by atoms with E-state index in [1.807, 2.05) is 0 Å². The van der Waals surface area contributed by atoms with Crippen LogP contribution >= 0.6 is 11.8 Å². The van der Waals surface area contributed by atoms with Crippen LogP contribution < -0.4 is 0 Å². The molecule has 0 unspecified atom stereocenters. The highest BCUT2D eigenvalue weighted by molar-refractivity contribution is 7.99. The molecule has 1 rings (SSSR count). The number of thioether (sulfide) groups is 1. The van der Waals surface area contributed by atoms with Crippen LogP contribution in [0.15, 0.2) is 28.0 Å². The minimum Gasteiger partial charge on any atom is -0.478 e. The Labute approximate surface area is 116 Å². The Kier molecular flexibility index (Phi) is 5.36. The van der Waals surface area contributed by atoms with Crippen molar-refractivity contribution in [3.8, 4) is 0 Å². The van der Waals surface area contributed by atoms with E-state index in [0.717, 1.165) is 22.1 Å². The first kappa shape index (κ1) is 16.0. The first-order valence-electron chi connectivity index (χ1n) is 5.34. The van der Waals surface area contributed by atoms with E-state index in [4.69, 9.17) is 10.2 Å². The van der Waals surface area contributed by atoms with Gasteiger partial charge in [-0.2, -0.15) is 0 Å². The fourth-order valence-electron chi connectivity index (χ4n) is 1.33. The summed E-state index contributed by atoms with van der Waals surface area (Å²) in [6.45, 7) is -0.0819. The van der Waals surface area contributed by atoms with Gasteiger partial charge in [-0.3, -0.25) is 0 Å². The maximum atomic E-state index is 11.9. The number of rotatable bonds is 6. The van der Waals surface area contributed by atoms with Crippen LogP contribution in [-0.2, 0) is 10.0 Å². The van der Waals surface area contributed by atoms with Gasteiger partial charge in [0.05, 0.1) is 17.1 Å². The van der Waals surface area contributed by atoms with Gasteiger partial charge in [-0.05, 0) is 18.2 Å². The van der Waals surface area contributed by atoms with E-state index in [0.29, 0.717) is 10.6 Å². The summed E-state index contributed by atoms with van der Waals surface area (Å²) < 4.78 is 24.9. The van der Waals surface area contributed by atoms with Gasteiger partial charge in [0.1, 0.15) is 0 Å². The topological polar surface area (TPSA) is 94.9 Å². The monoisotopic (exact) mass is 305 g/mol. The zero-order valence-electron chi connectivity index (χ0n) is 10.5. The fourth-order valence-corrected chi connectivity index (χ4v) is 3.03. The molecule has 0 radical (unpaired) electrons. The molecule has 0 atom stereocenters. The number of carbonyl (C=O) groups is 1. The van der Waals surface area contributed by atoms with Crippen molar-refractivity contribution >= 4 is 27.8 Å². The molecule has 0 fully saturated rings. The largest absolute Gasteiger partial charge is 0.478 e. The van der Waals surface area contributed by atoms with E-state index in [-0.39, 0.29) is 17.1 Å². The lowest BCUT2D eigenvalue weighted by Gasteiger charge is -2.13. The molecule has 1 aromatic carbocycles. The fraction of sp³-hybridized carbons (Fsp3) is 0.364. The van der Waals surface area contributed by atoms with Crippen LogP contribution in [0.4, 0.5) is 0 Å². The van der Waals surface area contributed by atoms with Gasteiger partial charge in [-0.15, -0.1) is 11.8 Å². The molecule has 0 saturated heterocycles. The maximum Gasteiger partial charge on any atom is 0.336 e. The number of aromatic carboxylic acids is 1. The van der Waals surface area contributed by atoms with Crippen molar-refractivity contribution in [3.05, 3.63) is 23.8 Å².